The highest BCUT2D eigenvalue weighted by Crippen LogP contribution is 2.57. The Labute approximate surface area is 171 Å². The van der Waals surface area contributed by atoms with E-state index in [0.717, 1.165) is 40.7 Å². The Balaban J connectivity index is 1.37. The van der Waals surface area contributed by atoms with Crippen LogP contribution in [0.3, 0.4) is 0 Å². The summed E-state index contributed by atoms with van der Waals surface area (Å²) < 4.78 is 5.98. The summed E-state index contributed by atoms with van der Waals surface area (Å²) in [6.45, 7) is 8.35. The maximum atomic E-state index is 13.4. The Bertz CT molecular complexity index is 1070. The molecule has 1 amide bonds. The van der Waals surface area contributed by atoms with E-state index in [9.17, 15) is 4.79 Å². The van der Waals surface area contributed by atoms with Crippen LogP contribution in [-0.2, 0) is 6.61 Å². The second-order valence-electron chi connectivity index (χ2n) is 9.83. The van der Waals surface area contributed by atoms with Gasteiger partial charge >= 0.3 is 0 Å². The van der Waals surface area contributed by atoms with E-state index in [-0.39, 0.29) is 11.3 Å². The summed E-state index contributed by atoms with van der Waals surface area (Å²) in [5.41, 5.74) is 3.43. The van der Waals surface area contributed by atoms with Gasteiger partial charge in [0.05, 0.1) is 5.56 Å². The van der Waals surface area contributed by atoms with Gasteiger partial charge in [0.25, 0.3) is 5.91 Å². The molecular weight excluding hydrogens is 360 g/mol. The Hall–Kier alpha value is -2.75. The third-order valence-corrected chi connectivity index (χ3v) is 6.73. The fraction of sp³-hybridized carbons (Fsp3) is 0.400. The molecule has 1 saturated heterocycles. The molecule has 1 aliphatic carbocycles. The third kappa shape index (κ3) is 3.11. The van der Waals surface area contributed by atoms with Crippen LogP contribution in [0.4, 0.5) is 0 Å². The van der Waals surface area contributed by atoms with E-state index in [1.807, 2.05) is 54.7 Å². The van der Waals surface area contributed by atoms with Crippen LogP contribution in [0.15, 0.2) is 54.7 Å². The van der Waals surface area contributed by atoms with Crippen molar-refractivity contribution in [1.29, 1.82) is 0 Å². The van der Waals surface area contributed by atoms with Crippen molar-refractivity contribution in [2.75, 3.05) is 6.54 Å². The number of benzene rings is 2. The third-order valence-electron chi connectivity index (χ3n) is 6.73. The minimum atomic E-state index is 0.136. The Morgan fingerprint density at radius 1 is 1.17 bits per heavy atom. The number of carbonyl (C=O) groups excluding carboxylic acids is 1. The molecule has 2 aromatic carbocycles. The number of carbonyl (C=O) groups is 1. The summed E-state index contributed by atoms with van der Waals surface area (Å²) in [6, 6.07) is 16.4. The maximum absolute atomic E-state index is 13.4. The van der Waals surface area contributed by atoms with E-state index < -0.39 is 0 Å². The molecule has 1 saturated carbocycles. The second-order valence-corrected chi connectivity index (χ2v) is 9.83. The molecule has 2 atom stereocenters. The monoisotopic (exact) mass is 388 g/mol. The topological polar surface area (TPSA) is 45.3 Å². The van der Waals surface area contributed by atoms with Gasteiger partial charge in [0.2, 0.25) is 0 Å². The lowest BCUT2D eigenvalue weighted by atomic mass is 9.74. The second kappa shape index (κ2) is 6.38. The van der Waals surface area contributed by atoms with Crippen LogP contribution in [0.5, 0.6) is 5.75 Å². The van der Waals surface area contributed by atoms with Crippen LogP contribution in [0.25, 0.3) is 10.9 Å². The highest BCUT2D eigenvalue weighted by Gasteiger charge is 2.59. The number of nitrogens with one attached hydrogen (secondary N) is 1. The number of fused-ring (bicyclic) bond motifs is 2. The number of hydrogen-bond donors (Lipinski definition) is 1. The van der Waals surface area contributed by atoms with Crippen LogP contribution in [0.2, 0.25) is 0 Å². The minimum Gasteiger partial charge on any atom is -0.489 e. The summed E-state index contributed by atoms with van der Waals surface area (Å²) in [6.07, 6.45) is 4.13. The van der Waals surface area contributed by atoms with Gasteiger partial charge in [-0.05, 0) is 42.0 Å². The van der Waals surface area contributed by atoms with Crippen molar-refractivity contribution in [1.82, 2.24) is 9.88 Å². The van der Waals surface area contributed by atoms with Crippen LogP contribution in [-0.4, -0.2) is 28.4 Å². The number of amides is 1. The molecular formula is C25H28N2O2. The molecule has 0 bridgehead atoms. The van der Waals surface area contributed by atoms with Gasteiger partial charge < -0.3 is 14.6 Å². The molecule has 1 aromatic heterocycles. The lowest BCUT2D eigenvalue weighted by molar-refractivity contribution is -0.0214. The lowest BCUT2D eigenvalue weighted by Crippen LogP contribution is -2.62. The maximum Gasteiger partial charge on any atom is 0.256 e. The van der Waals surface area contributed by atoms with Crippen LogP contribution in [0, 0.1) is 10.8 Å². The van der Waals surface area contributed by atoms with E-state index in [2.05, 4.69) is 30.7 Å². The molecule has 3 aromatic rings. The first-order valence-corrected chi connectivity index (χ1v) is 10.4. The van der Waals surface area contributed by atoms with Crippen LogP contribution in [0.1, 0.15) is 49.5 Å². The number of rotatable bonds is 4. The van der Waals surface area contributed by atoms with Crippen molar-refractivity contribution in [3.8, 4) is 5.75 Å². The van der Waals surface area contributed by atoms with E-state index >= 15 is 0 Å². The number of nitrogens with zero attached hydrogens (tertiary/aromatic N) is 1. The standard InChI is InChI=1S/C25H28N2O2/c1-24(2)12-22-25(3,15-24)16-27(22)23(28)20-13-26-21-10-9-18(11-19(20)21)29-14-17-7-5-4-6-8-17/h4-11,13,22,26H,12,14-16H2,1-3H3. The predicted octanol–water partition coefficient (Wildman–Crippen LogP) is 5.40. The van der Waals surface area contributed by atoms with Gasteiger partial charge in [-0.1, -0.05) is 51.1 Å². The molecule has 2 aliphatic rings. The minimum absolute atomic E-state index is 0.136. The number of hydrogen-bond acceptors (Lipinski definition) is 2. The molecule has 1 N–H and O–H groups in total. The molecule has 4 heteroatoms. The van der Waals surface area contributed by atoms with E-state index in [0.29, 0.717) is 18.1 Å². The molecule has 29 heavy (non-hydrogen) atoms. The lowest BCUT2D eigenvalue weighted by Gasteiger charge is -2.52. The molecule has 2 heterocycles. The number of H-pyrrole nitrogens is 1. The van der Waals surface area contributed by atoms with Crippen LogP contribution < -0.4 is 4.74 Å². The van der Waals surface area contributed by atoms with Gasteiger partial charge in [-0.2, -0.15) is 0 Å². The fourth-order valence-corrected chi connectivity index (χ4v) is 5.56. The number of likely N-dealkylation sites (tertiary alicyclic amines) is 1. The normalized spacial score (nSPS) is 24.9. The zero-order valence-corrected chi connectivity index (χ0v) is 17.4. The molecule has 150 valence electrons. The van der Waals surface area contributed by atoms with Gasteiger partial charge in [-0.25, -0.2) is 0 Å². The van der Waals surface area contributed by atoms with Crippen molar-refractivity contribution in [3.63, 3.8) is 0 Å². The van der Waals surface area contributed by atoms with Gasteiger partial charge in [0.1, 0.15) is 12.4 Å². The molecule has 4 nitrogen and oxygen atoms in total. The number of aromatic amines is 1. The number of aromatic nitrogens is 1. The molecule has 2 unspecified atom stereocenters. The van der Waals surface area contributed by atoms with Crippen LogP contribution >= 0.6 is 0 Å². The average Bonchev–Trinajstić information content (AvgIpc) is 3.19. The largest absolute Gasteiger partial charge is 0.489 e. The highest BCUT2D eigenvalue weighted by atomic mass is 16.5. The van der Waals surface area contributed by atoms with Gasteiger partial charge in [0, 0.05) is 35.1 Å². The van der Waals surface area contributed by atoms with Gasteiger partial charge in [-0.15, -0.1) is 0 Å². The summed E-state index contributed by atoms with van der Waals surface area (Å²) >= 11 is 0. The summed E-state index contributed by atoms with van der Waals surface area (Å²) in [5, 5.41) is 0.937. The zero-order valence-electron chi connectivity index (χ0n) is 17.4. The first kappa shape index (κ1) is 18.3. The molecule has 2 fully saturated rings. The SMILES string of the molecule is CC1(C)CC2N(C(=O)c3c[nH]c4ccc(OCc5ccccc5)cc34)CC2(C)C1. The summed E-state index contributed by atoms with van der Waals surface area (Å²) in [4.78, 5) is 18.7. The van der Waals surface area contributed by atoms with Crippen molar-refractivity contribution in [3.05, 3.63) is 65.9 Å². The summed E-state index contributed by atoms with van der Waals surface area (Å²) in [7, 11) is 0. The first-order chi connectivity index (χ1) is 13.8. The average molecular weight is 389 g/mol. The quantitative estimate of drug-likeness (QED) is 0.651. The van der Waals surface area contributed by atoms with Crippen molar-refractivity contribution >= 4 is 16.8 Å². The first-order valence-electron chi connectivity index (χ1n) is 10.4. The van der Waals surface area contributed by atoms with E-state index in [4.69, 9.17) is 4.74 Å². The molecule has 1 aliphatic heterocycles. The molecule has 5 rings (SSSR count). The van der Waals surface area contributed by atoms with Gasteiger partial charge in [0.15, 0.2) is 0 Å². The Morgan fingerprint density at radius 3 is 2.72 bits per heavy atom. The van der Waals surface area contributed by atoms with Crippen molar-refractivity contribution in [2.24, 2.45) is 10.8 Å². The van der Waals surface area contributed by atoms with E-state index in [1.54, 1.807) is 0 Å². The Kier molecular flexibility index (Phi) is 4.02. The molecule has 0 spiro atoms. The Morgan fingerprint density at radius 2 is 1.97 bits per heavy atom. The van der Waals surface area contributed by atoms with Gasteiger partial charge in [-0.3, -0.25) is 4.79 Å². The fourth-order valence-electron chi connectivity index (χ4n) is 5.56. The summed E-state index contributed by atoms with van der Waals surface area (Å²) in [5.74, 6) is 0.919. The zero-order chi connectivity index (χ0) is 20.2. The highest BCUT2D eigenvalue weighted by molar-refractivity contribution is 6.07. The van der Waals surface area contributed by atoms with Crippen molar-refractivity contribution in [2.45, 2.75) is 46.3 Å². The van der Waals surface area contributed by atoms with Crippen molar-refractivity contribution < 1.29 is 9.53 Å². The molecule has 0 radical (unpaired) electrons. The number of ether oxygens (including phenoxy) is 1. The smallest absolute Gasteiger partial charge is 0.256 e. The predicted molar refractivity (Wildman–Crippen MR) is 115 cm³/mol. The van der Waals surface area contributed by atoms with E-state index in [1.165, 1.54) is 6.42 Å².